The lowest BCUT2D eigenvalue weighted by molar-refractivity contribution is -0.123. The molecule has 2 amide bonds. The van der Waals surface area contributed by atoms with E-state index >= 15 is 0 Å². The molecule has 0 radical (unpaired) electrons. The van der Waals surface area contributed by atoms with Gasteiger partial charge in [0.05, 0.1) is 35.6 Å². The summed E-state index contributed by atoms with van der Waals surface area (Å²) in [4.78, 5) is 54.8. The van der Waals surface area contributed by atoms with Crippen LogP contribution in [0.3, 0.4) is 0 Å². The summed E-state index contributed by atoms with van der Waals surface area (Å²) in [6.45, 7) is 8.44. The van der Waals surface area contributed by atoms with Gasteiger partial charge in [-0.25, -0.2) is 9.59 Å². The molecule has 3 aromatic carbocycles. The number of anilines is 2. The number of benzene rings is 3. The van der Waals surface area contributed by atoms with Crippen LogP contribution in [0.1, 0.15) is 96.1 Å². The summed E-state index contributed by atoms with van der Waals surface area (Å²) in [5, 5.41) is 13.9. The molecule has 22 heteroatoms. The quantitative estimate of drug-likeness (QED) is 0.0239. The van der Waals surface area contributed by atoms with Gasteiger partial charge >= 0.3 is 11.9 Å². The molecule has 0 bridgehead atoms. The zero-order chi connectivity index (χ0) is 48.7. The molecule has 2 aliphatic rings. The SMILES string of the molecule is COc1cc(N)c(Cl)cc1C(=O)OCCN1CCC(NC(=O)CCCNCCCc2ccc(CCCNCCCC(=O)NC3CCN(CCOC(=O)c4cc(Cl)c(N)cc4OC)CC3)cc2)CC1.Cl.Cl.Cl.Cl. The van der Waals surface area contributed by atoms with Crippen molar-refractivity contribution in [3.8, 4) is 11.5 Å². The Bertz CT molecular complexity index is 1940. The van der Waals surface area contributed by atoms with Gasteiger partial charge in [0.15, 0.2) is 0 Å². The van der Waals surface area contributed by atoms with Crippen LogP contribution in [0.5, 0.6) is 11.5 Å². The molecule has 2 saturated heterocycles. The largest absolute Gasteiger partial charge is 0.496 e. The molecule has 0 spiro atoms. The number of esters is 2. The van der Waals surface area contributed by atoms with Crippen molar-refractivity contribution in [3.63, 3.8) is 0 Å². The maximum atomic E-state index is 12.6. The summed E-state index contributed by atoms with van der Waals surface area (Å²) in [6.07, 6.45) is 10.1. The van der Waals surface area contributed by atoms with E-state index in [1.54, 1.807) is 0 Å². The van der Waals surface area contributed by atoms with Gasteiger partial charge in [-0.15, -0.1) is 49.6 Å². The third-order valence-corrected chi connectivity index (χ3v) is 13.1. The number of halogens is 6. The molecule has 0 aliphatic carbocycles. The minimum absolute atomic E-state index is 0. The average Bonchev–Trinajstić information content (AvgIpc) is 3.33. The number of hydrogen-bond donors (Lipinski definition) is 6. The topological polar surface area (TPSA) is 212 Å². The number of ether oxygens (including phenoxy) is 4. The predicted octanol–water partition coefficient (Wildman–Crippen LogP) is 7.34. The fourth-order valence-electron chi connectivity index (χ4n) is 8.39. The lowest BCUT2D eigenvalue weighted by atomic mass is 10.0. The number of nitrogens with zero attached hydrogens (tertiary/aromatic N) is 2. The zero-order valence-electron chi connectivity index (χ0n) is 41.4. The van der Waals surface area contributed by atoms with E-state index in [4.69, 9.17) is 53.6 Å². The maximum Gasteiger partial charge on any atom is 0.342 e. The molecule has 3 aromatic rings. The number of hydrogen-bond acceptors (Lipinski definition) is 14. The van der Waals surface area contributed by atoms with Crippen molar-refractivity contribution in [3.05, 3.63) is 80.8 Å². The van der Waals surface area contributed by atoms with Gasteiger partial charge in [0.25, 0.3) is 0 Å². The molecule has 2 aliphatic heterocycles. The Morgan fingerprint density at radius 2 is 0.917 bits per heavy atom. The van der Waals surface area contributed by atoms with Gasteiger partial charge in [-0.05, 0) is 114 Å². The monoisotopic (exact) mass is 1130 g/mol. The molecular weight excluding hydrogens is 1050 g/mol. The standard InChI is InChI=1S/C50H72Cl2N8O8.4ClH/c1-65-45-33-43(53)41(51)31-39(45)49(63)67-29-27-59-23-15-37(16-24-59)57-47(61)9-5-21-55-19-3-7-35-11-13-36(14-12-35)8-4-20-56-22-6-10-48(62)58-38-17-25-60(26-18-38)28-30-68-50(64)40-32-42(52)44(54)34-46(40)66-2;;;;/h11-14,31-34,37-38,55-56H,3-10,15-30,53-54H2,1-2H3,(H,57,61)(H,58,62);4*1H. The van der Waals surface area contributed by atoms with Crippen molar-refractivity contribution < 1.29 is 38.1 Å². The van der Waals surface area contributed by atoms with E-state index in [1.807, 2.05) is 0 Å². The van der Waals surface area contributed by atoms with Crippen molar-refractivity contribution in [2.45, 2.75) is 89.1 Å². The van der Waals surface area contributed by atoms with E-state index in [0.29, 0.717) is 48.8 Å². The van der Waals surface area contributed by atoms with Crippen LogP contribution in [0.25, 0.3) is 0 Å². The van der Waals surface area contributed by atoms with Crippen LogP contribution in [0.15, 0.2) is 48.5 Å². The van der Waals surface area contributed by atoms with Crippen molar-refractivity contribution in [2.24, 2.45) is 0 Å². The van der Waals surface area contributed by atoms with E-state index in [-0.39, 0.29) is 108 Å². The minimum atomic E-state index is -0.508. The predicted molar refractivity (Wildman–Crippen MR) is 297 cm³/mol. The molecule has 0 saturated carbocycles. The number of piperidine rings is 2. The summed E-state index contributed by atoms with van der Waals surface area (Å²) < 4.78 is 21.4. The van der Waals surface area contributed by atoms with Crippen LogP contribution in [0.2, 0.25) is 10.0 Å². The normalized spacial score (nSPS) is 14.1. The van der Waals surface area contributed by atoms with Crippen LogP contribution >= 0.6 is 72.8 Å². The lowest BCUT2D eigenvalue weighted by Crippen LogP contribution is -2.45. The molecule has 72 heavy (non-hydrogen) atoms. The highest BCUT2D eigenvalue weighted by Gasteiger charge is 2.24. The third-order valence-electron chi connectivity index (χ3n) is 12.4. The van der Waals surface area contributed by atoms with Crippen LogP contribution in [0, 0.1) is 0 Å². The van der Waals surface area contributed by atoms with E-state index in [9.17, 15) is 19.2 Å². The molecule has 0 unspecified atom stereocenters. The molecule has 2 heterocycles. The first-order valence-electron chi connectivity index (χ1n) is 24.0. The van der Waals surface area contributed by atoms with Crippen molar-refractivity contribution in [2.75, 3.05) is 104 Å². The first-order valence-corrected chi connectivity index (χ1v) is 24.8. The number of carbonyl (C=O) groups is 4. The molecular formula is C50H76Cl6N8O8. The van der Waals surface area contributed by atoms with Crippen LogP contribution in [-0.2, 0) is 31.9 Å². The highest BCUT2D eigenvalue weighted by molar-refractivity contribution is 6.34. The highest BCUT2D eigenvalue weighted by atomic mass is 35.5. The average molecular weight is 1130 g/mol. The number of nitrogens with one attached hydrogen (secondary N) is 4. The van der Waals surface area contributed by atoms with Gasteiger partial charge in [-0.3, -0.25) is 19.4 Å². The number of methoxy groups -OCH3 is 2. The number of aryl methyl sites for hydroxylation is 2. The van der Waals surface area contributed by atoms with Crippen LogP contribution in [0.4, 0.5) is 11.4 Å². The van der Waals surface area contributed by atoms with Crippen LogP contribution < -0.4 is 42.2 Å². The zero-order valence-corrected chi connectivity index (χ0v) is 46.2. The first kappa shape index (κ1) is 66.3. The second kappa shape index (κ2) is 36.3. The molecule has 16 nitrogen and oxygen atoms in total. The summed E-state index contributed by atoms with van der Waals surface area (Å²) in [6, 6.07) is 15.2. The second-order valence-corrected chi connectivity index (χ2v) is 18.3. The van der Waals surface area contributed by atoms with Crippen molar-refractivity contribution in [1.29, 1.82) is 0 Å². The lowest BCUT2D eigenvalue weighted by Gasteiger charge is -2.32. The van der Waals surface area contributed by atoms with Gasteiger partial charge < -0.3 is 51.7 Å². The number of nitrogens with two attached hydrogens (primary N) is 2. The number of likely N-dealkylation sites (tertiary alicyclic amines) is 2. The Kier molecular flexibility index (Phi) is 33.4. The Hall–Kier alpha value is -3.68. The smallest absolute Gasteiger partial charge is 0.342 e. The summed E-state index contributed by atoms with van der Waals surface area (Å²) >= 11 is 12.2. The second-order valence-electron chi connectivity index (χ2n) is 17.5. The van der Waals surface area contributed by atoms with E-state index in [1.165, 1.54) is 49.6 Å². The van der Waals surface area contributed by atoms with E-state index in [2.05, 4.69) is 55.3 Å². The Balaban J connectivity index is 0.00000648. The molecule has 0 aromatic heterocycles. The molecule has 406 valence electrons. The van der Waals surface area contributed by atoms with Crippen molar-refractivity contribution in [1.82, 2.24) is 31.1 Å². The van der Waals surface area contributed by atoms with Crippen LogP contribution in [-0.4, -0.2) is 139 Å². The van der Waals surface area contributed by atoms with Gasteiger partial charge in [0.1, 0.15) is 35.8 Å². The molecule has 8 N–H and O–H groups in total. The summed E-state index contributed by atoms with van der Waals surface area (Å²) in [5.41, 5.74) is 15.4. The Labute approximate surface area is 460 Å². The molecule has 5 rings (SSSR count). The van der Waals surface area contributed by atoms with E-state index < -0.39 is 11.9 Å². The number of rotatable bonds is 28. The summed E-state index contributed by atoms with van der Waals surface area (Å²) in [7, 11) is 2.92. The van der Waals surface area contributed by atoms with E-state index in [0.717, 1.165) is 117 Å². The number of amides is 2. The van der Waals surface area contributed by atoms with Crippen molar-refractivity contribution >= 4 is 108 Å². The Morgan fingerprint density at radius 1 is 0.569 bits per heavy atom. The van der Waals surface area contributed by atoms with Gasteiger partial charge in [0.2, 0.25) is 11.8 Å². The number of nitrogen functional groups attached to an aromatic ring is 2. The first-order chi connectivity index (χ1) is 32.9. The van der Waals surface area contributed by atoms with Gasteiger partial charge in [0, 0.05) is 76.3 Å². The molecule has 0 atom stereocenters. The number of carbonyl (C=O) groups excluding carboxylic acids is 4. The minimum Gasteiger partial charge on any atom is -0.496 e. The highest BCUT2D eigenvalue weighted by Crippen LogP contribution is 2.30. The Morgan fingerprint density at radius 3 is 1.26 bits per heavy atom. The van der Waals surface area contributed by atoms with Gasteiger partial charge in [-0.1, -0.05) is 47.5 Å². The fourth-order valence-corrected chi connectivity index (χ4v) is 8.72. The maximum absolute atomic E-state index is 12.6. The fraction of sp³-hybridized carbons (Fsp3) is 0.560. The third kappa shape index (κ3) is 23.3. The summed E-state index contributed by atoms with van der Waals surface area (Å²) in [5.74, 6) is -0.179. The van der Waals surface area contributed by atoms with Gasteiger partial charge in [-0.2, -0.15) is 0 Å². The molecule has 2 fully saturated rings.